The summed E-state index contributed by atoms with van der Waals surface area (Å²) < 4.78 is 24.0. The quantitative estimate of drug-likeness (QED) is 0.177. The van der Waals surface area contributed by atoms with Gasteiger partial charge in [0.05, 0.1) is 14.2 Å². The molecule has 0 bridgehead atoms. The van der Waals surface area contributed by atoms with Gasteiger partial charge in [0.2, 0.25) is 5.90 Å². The summed E-state index contributed by atoms with van der Waals surface area (Å²) in [6, 6.07) is 16.9. The zero-order valence-electron chi connectivity index (χ0n) is 25.8. The van der Waals surface area contributed by atoms with E-state index in [-0.39, 0.29) is 5.92 Å². The topological polar surface area (TPSA) is 61.8 Å². The molecule has 41 heavy (non-hydrogen) atoms. The van der Waals surface area contributed by atoms with E-state index >= 15 is 0 Å². The van der Waals surface area contributed by atoms with Crippen molar-refractivity contribution in [3.63, 3.8) is 0 Å². The molecule has 0 radical (unpaired) electrons. The lowest BCUT2D eigenvalue weighted by molar-refractivity contribution is -0.129. The molecule has 0 amide bonds. The molecule has 0 N–H and O–H groups in total. The third-order valence-electron chi connectivity index (χ3n) is 7.88. The average molecular weight is 563 g/mol. The fourth-order valence-electron chi connectivity index (χ4n) is 5.73. The van der Waals surface area contributed by atoms with E-state index in [0.717, 1.165) is 84.5 Å². The van der Waals surface area contributed by atoms with E-state index in [1.165, 1.54) is 5.56 Å². The third-order valence-corrected chi connectivity index (χ3v) is 7.88. The zero-order chi connectivity index (χ0) is 29.4. The van der Waals surface area contributed by atoms with Gasteiger partial charge in [-0.05, 0) is 61.3 Å². The van der Waals surface area contributed by atoms with E-state index in [1.807, 2.05) is 19.9 Å². The van der Waals surface area contributed by atoms with Crippen molar-refractivity contribution < 1.29 is 23.8 Å². The van der Waals surface area contributed by atoms with Gasteiger partial charge in [0.1, 0.15) is 23.9 Å². The smallest absolute Gasteiger partial charge is 0.271 e. The van der Waals surface area contributed by atoms with Crippen LogP contribution in [0.15, 0.2) is 53.7 Å². The van der Waals surface area contributed by atoms with Gasteiger partial charge in [-0.1, -0.05) is 56.7 Å². The van der Waals surface area contributed by atoms with Crippen LogP contribution in [0.1, 0.15) is 76.0 Å². The van der Waals surface area contributed by atoms with Crippen LogP contribution in [0.4, 0.5) is 0 Å². The first-order chi connectivity index (χ1) is 19.8. The monoisotopic (exact) mass is 562 g/mol. The molecule has 4 rings (SSSR count). The largest absolute Gasteiger partial charge is 0.496 e. The molecule has 1 unspecified atom stereocenters. The standard InChI is InChI=1S/C34H46N2O5/c1-8-36(9-2)22-23-39-26-20-18-25(19-21-26)27(14-12-13-17-30-35-41-34(4,5)40-30)31-24(3)32(37-6)28-15-10-11-16-29(28)33(31)38-7/h10-11,15-16,18-21,27H,8-9,12-14,17,22-23H2,1-7H3. The van der Waals surface area contributed by atoms with Crippen LogP contribution in [0.3, 0.4) is 0 Å². The summed E-state index contributed by atoms with van der Waals surface area (Å²) >= 11 is 0. The number of hydrogen-bond acceptors (Lipinski definition) is 7. The van der Waals surface area contributed by atoms with Gasteiger partial charge in [0, 0.05) is 49.1 Å². The molecule has 0 aliphatic carbocycles. The number of oxime groups is 1. The predicted octanol–water partition coefficient (Wildman–Crippen LogP) is 7.67. The van der Waals surface area contributed by atoms with Gasteiger partial charge >= 0.3 is 0 Å². The first kappa shape index (κ1) is 30.5. The number of fused-ring (bicyclic) bond motifs is 1. The van der Waals surface area contributed by atoms with E-state index in [9.17, 15) is 0 Å². The Balaban J connectivity index is 1.62. The molecule has 222 valence electrons. The van der Waals surface area contributed by atoms with Gasteiger partial charge < -0.3 is 28.7 Å². The predicted molar refractivity (Wildman–Crippen MR) is 166 cm³/mol. The van der Waals surface area contributed by atoms with Crippen LogP contribution in [0.25, 0.3) is 10.8 Å². The second kappa shape index (κ2) is 13.9. The molecular formula is C34H46N2O5. The summed E-state index contributed by atoms with van der Waals surface area (Å²) in [5.41, 5.74) is 3.49. The minimum atomic E-state index is -0.681. The highest BCUT2D eigenvalue weighted by atomic mass is 16.8. The van der Waals surface area contributed by atoms with Crippen molar-refractivity contribution >= 4 is 16.7 Å². The van der Waals surface area contributed by atoms with Crippen molar-refractivity contribution in [3.8, 4) is 17.2 Å². The van der Waals surface area contributed by atoms with Crippen molar-refractivity contribution in [2.75, 3.05) is 40.5 Å². The van der Waals surface area contributed by atoms with Crippen LogP contribution in [-0.4, -0.2) is 57.0 Å². The van der Waals surface area contributed by atoms with Gasteiger partial charge in [0.25, 0.3) is 5.79 Å². The summed E-state index contributed by atoms with van der Waals surface area (Å²) in [6.45, 7) is 13.9. The van der Waals surface area contributed by atoms with Crippen LogP contribution in [0, 0.1) is 6.92 Å². The normalized spacial score (nSPS) is 14.9. The van der Waals surface area contributed by atoms with Crippen molar-refractivity contribution in [1.82, 2.24) is 4.90 Å². The Bertz CT molecular complexity index is 1310. The lowest BCUT2D eigenvalue weighted by atomic mass is 9.82. The molecule has 0 fully saturated rings. The summed E-state index contributed by atoms with van der Waals surface area (Å²) in [6.07, 6.45) is 3.59. The summed E-state index contributed by atoms with van der Waals surface area (Å²) in [7, 11) is 3.51. The lowest BCUT2D eigenvalue weighted by Gasteiger charge is -2.26. The SMILES string of the molecule is CCN(CC)CCOc1ccc(C(CCCCC2=NOC(C)(C)O2)c2c(C)c(OC)c3ccccc3c2OC)cc1. The molecule has 1 atom stereocenters. The Morgan fingerprint density at radius 2 is 1.56 bits per heavy atom. The second-order valence-corrected chi connectivity index (χ2v) is 11.0. The second-order valence-electron chi connectivity index (χ2n) is 11.0. The highest BCUT2D eigenvalue weighted by Crippen LogP contribution is 2.47. The average Bonchev–Trinajstić information content (AvgIpc) is 3.33. The first-order valence-corrected chi connectivity index (χ1v) is 14.8. The van der Waals surface area contributed by atoms with E-state index in [1.54, 1.807) is 14.2 Å². The molecule has 3 aromatic rings. The maximum atomic E-state index is 6.13. The van der Waals surface area contributed by atoms with Gasteiger partial charge in [-0.15, -0.1) is 0 Å². The number of ether oxygens (including phenoxy) is 4. The van der Waals surface area contributed by atoms with E-state index < -0.39 is 5.79 Å². The molecule has 7 heteroatoms. The summed E-state index contributed by atoms with van der Waals surface area (Å²) in [5, 5.41) is 6.23. The molecular weight excluding hydrogens is 516 g/mol. The number of likely N-dealkylation sites (N-methyl/N-ethyl adjacent to an activating group) is 1. The Morgan fingerprint density at radius 1 is 0.902 bits per heavy atom. The summed E-state index contributed by atoms with van der Waals surface area (Å²) in [4.78, 5) is 7.73. The third kappa shape index (κ3) is 7.25. The van der Waals surface area contributed by atoms with Crippen LogP contribution in [0.2, 0.25) is 0 Å². The summed E-state index contributed by atoms with van der Waals surface area (Å²) in [5.74, 6) is 2.77. The molecule has 0 saturated heterocycles. The van der Waals surface area contributed by atoms with Gasteiger partial charge in [0.15, 0.2) is 0 Å². The fraction of sp³-hybridized carbons (Fsp3) is 0.500. The number of nitrogens with zero attached hydrogens (tertiary/aromatic N) is 2. The maximum Gasteiger partial charge on any atom is 0.271 e. The molecule has 0 saturated carbocycles. The van der Waals surface area contributed by atoms with Gasteiger partial charge in [-0.2, -0.15) is 0 Å². The van der Waals surface area contributed by atoms with Crippen LogP contribution in [-0.2, 0) is 9.57 Å². The molecule has 1 heterocycles. The molecule has 0 spiro atoms. The number of unbranched alkanes of at least 4 members (excludes halogenated alkanes) is 1. The van der Waals surface area contributed by atoms with Crippen molar-refractivity contribution in [1.29, 1.82) is 0 Å². The Hall–Kier alpha value is -3.45. The first-order valence-electron chi connectivity index (χ1n) is 14.8. The molecule has 1 aliphatic heterocycles. The van der Waals surface area contributed by atoms with Crippen molar-refractivity contribution in [2.24, 2.45) is 5.16 Å². The van der Waals surface area contributed by atoms with Crippen LogP contribution in [0.5, 0.6) is 17.2 Å². The van der Waals surface area contributed by atoms with Gasteiger partial charge in [-0.3, -0.25) is 0 Å². The lowest BCUT2D eigenvalue weighted by Crippen LogP contribution is -2.27. The Labute approximate surface area is 245 Å². The molecule has 7 nitrogen and oxygen atoms in total. The Morgan fingerprint density at radius 3 is 2.15 bits per heavy atom. The number of methoxy groups -OCH3 is 2. The molecule has 3 aromatic carbocycles. The fourth-order valence-corrected chi connectivity index (χ4v) is 5.73. The van der Waals surface area contributed by atoms with Crippen molar-refractivity contribution in [3.05, 3.63) is 65.2 Å². The minimum Gasteiger partial charge on any atom is -0.496 e. The van der Waals surface area contributed by atoms with Crippen LogP contribution < -0.4 is 14.2 Å². The number of benzene rings is 3. The number of hydrogen-bond donors (Lipinski definition) is 0. The highest BCUT2D eigenvalue weighted by molar-refractivity contribution is 5.96. The number of rotatable bonds is 15. The van der Waals surface area contributed by atoms with Crippen molar-refractivity contribution in [2.45, 2.75) is 72.0 Å². The van der Waals surface area contributed by atoms with E-state index in [4.69, 9.17) is 23.8 Å². The maximum absolute atomic E-state index is 6.13. The van der Waals surface area contributed by atoms with E-state index in [0.29, 0.717) is 12.5 Å². The Kier molecular flexibility index (Phi) is 10.4. The molecule has 1 aliphatic rings. The van der Waals surface area contributed by atoms with Gasteiger partial charge in [-0.25, -0.2) is 0 Å². The van der Waals surface area contributed by atoms with E-state index in [2.05, 4.69) is 73.3 Å². The zero-order valence-corrected chi connectivity index (χ0v) is 25.8. The minimum absolute atomic E-state index is 0.104. The highest BCUT2D eigenvalue weighted by Gasteiger charge is 2.30. The van der Waals surface area contributed by atoms with Crippen LogP contribution >= 0.6 is 0 Å². The molecule has 0 aromatic heterocycles.